The van der Waals surface area contributed by atoms with Crippen molar-refractivity contribution in [3.05, 3.63) is 29.6 Å². The summed E-state index contributed by atoms with van der Waals surface area (Å²) in [4.78, 5) is 24.5. The van der Waals surface area contributed by atoms with Crippen molar-refractivity contribution in [3.8, 4) is 5.75 Å². The summed E-state index contributed by atoms with van der Waals surface area (Å²) in [6.45, 7) is 2.18. The Balaban J connectivity index is 2.19. The zero-order valence-electron chi connectivity index (χ0n) is 10.3. The van der Waals surface area contributed by atoms with E-state index in [-0.39, 0.29) is 18.0 Å². The van der Waals surface area contributed by atoms with Gasteiger partial charge in [0.1, 0.15) is 11.6 Å². The van der Waals surface area contributed by atoms with Gasteiger partial charge in [-0.3, -0.25) is 9.59 Å². The van der Waals surface area contributed by atoms with Crippen LogP contribution in [0.2, 0.25) is 0 Å². The van der Waals surface area contributed by atoms with Crippen LogP contribution in [0.25, 0.3) is 0 Å². The van der Waals surface area contributed by atoms with Gasteiger partial charge in [0.2, 0.25) is 0 Å². The predicted octanol–water partition coefficient (Wildman–Crippen LogP) is 1.32. The van der Waals surface area contributed by atoms with E-state index in [1.54, 1.807) is 6.92 Å². The molecule has 1 fully saturated rings. The molecule has 1 aliphatic rings. The second-order valence-electron chi connectivity index (χ2n) is 4.79. The van der Waals surface area contributed by atoms with Gasteiger partial charge in [0.05, 0.1) is 11.5 Å². The van der Waals surface area contributed by atoms with Crippen LogP contribution < -0.4 is 0 Å². The van der Waals surface area contributed by atoms with E-state index in [0.29, 0.717) is 6.54 Å². The van der Waals surface area contributed by atoms with E-state index in [1.165, 1.54) is 11.0 Å². The normalized spacial score (nSPS) is 22.5. The minimum Gasteiger partial charge on any atom is -0.507 e. The van der Waals surface area contributed by atoms with Gasteiger partial charge in [-0.1, -0.05) is 6.92 Å². The first kappa shape index (κ1) is 13.3. The number of halogens is 1. The van der Waals surface area contributed by atoms with Gasteiger partial charge < -0.3 is 15.1 Å². The van der Waals surface area contributed by atoms with Gasteiger partial charge in [0.25, 0.3) is 5.91 Å². The first-order chi connectivity index (χ1) is 8.90. The van der Waals surface area contributed by atoms with Crippen LogP contribution in [-0.4, -0.2) is 40.1 Å². The average molecular weight is 267 g/mol. The lowest BCUT2D eigenvalue weighted by Gasteiger charge is -2.16. The molecule has 0 spiro atoms. The number of likely N-dealkylation sites (tertiary alicyclic amines) is 1. The molecule has 5 nitrogen and oxygen atoms in total. The Morgan fingerprint density at radius 3 is 2.58 bits per heavy atom. The molecule has 0 aliphatic carbocycles. The molecule has 2 unspecified atom stereocenters. The summed E-state index contributed by atoms with van der Waals surface area (Å²) in [5.74, 6) is -3.24. The number of carbonyl (C=O) groups excluding carboxylic acids is 1. The molecule has 1 aromatic carbocycles. The van der Waals surface area contributed by atoms with E-state index < -0.39 is 29.4 Å². The van der Waals surface area contributed by atoms with E-state index in [0.717, 1.165) is 12.1 Å². The number of hydrogen-bond donors (Lipinski definition) is 2. The fourth-order valence-electron chi connectivity index (χ4n) is 2.31. The van der Waals surface area contributed by atoms with Crippen molar-refractivity contribution in [2.24, 2.45) is 11.8 Å². The fraction of sp³-hybridized carbons (Fsp3) is 0.385. The topological polar surface area (TPSA) is 77.8 Å². The molecule has 2 atom stereocenters. The van der Waals surface area contributed by atoms with Crippen LogP contribution in [0.15, 0.2) is 18.2 Å². The molecule has 2 N–H and O–H groups in total. The SMILES string of the molecule is CC1CN(C(=O)c2ccc(F)cc2O)CC1C(=O)O. The zero-order valence-corrected chi connectivity index (χ0v) is 10.3. The highest BCUT2D eigenvalue weighted by molar-refractivity contribution is 5.97. The highest BCUT2D eigenvalue weighted by atomic mass is 19.1. The van der Waals surface area contributed by atoms with Crippen LogP contribution in [0.3, 0.4) is 0 Å². The van der Waals surface area contributed by atoms with Gasteiger partial charge in [0, 0.05) is 19.2 Å². The summed E-state index contributed by atoms with van der Waals surface area (Å²) in [6, 6.07) is 3.15. The molecule has 0 aromatic heterocycles. The van der Waals surface area contributed by atoms with E-state index >= 15 is 0 Å². The van der Waals surface area contributed by atoms with E-state index in [2.05, 4.69) is 0 Å². The smallest absolute Gasteiger partial charge is 0.308 e. The van der Waals surface area contributed by atoms with Gasteiger partial charge in [-0.15, -0.1) is 0 Å². The van der Waals surface area contributed by atoms with Crippen molar-refractivity contribution in [2.75, 3.05) is 13.1 Å². The number of amides is 1. The molecular formula is C13H14FNO4. The molecule has 0 bridgehead atoms. The van der Waals surface area contributed by atoms with Gasteiger partial charge in [-0.05, 0) is 18.1 Å². The minimum absolute atomic E-state index is 0.0142. The van der Waals surface area contributed by atoms with Crippen LogP contribution in [0.4, 0.5) is 4.39 Å². The van der Waals surface area contributed by atoms with Crippen molar-refractivity contribution < 1.29 is 24.2 Å². The molecule has 1 amide bonds. The Labute approximate surface area is 109 Å². The number of carboxylic acid groups (broad SMARTS) is 1. The fourth-order valence-corrected chi connectivity index (χ4v) is 2.31. The summed E-state index contributed by atoms with van der Waals surface area (Å²) in [5, 5.41) is 18.6. The molecule has 19 heavy (non-hydrogen) atoms. The number of hydrogen-bond acceptors (Lipinski definition) is 3. The van der Waals surface area contributed by atoms with Crippen LogP contribution in [0.5, 0.6) is 5.75 Å². The number of carbonyl (C=O) groups is 2. The third kappa shape index (κ3) is 2.52. The standard InChI is InChI=1S/C13H14FNO4/c1-7-5-15(6-10(7)13(18)19)12(17)9-3-2-8(14)4-11(9)16/h2-4,7,10,16H,5-6H2,1H3,(H,18,19). The third-order valence-corrected chi connectivity index (χ3v) is 3.41. The Morgan fingerprint density at radius 2 is 2.05 bits per heavy atom. The Hall–Kier alpha value is -2.11. The summed E-state index contributed by atoms with van der Waals surface area (Å²) in [6.07, 6.45) is 0. The van der Waals surface area contributed by atoms with Crippen LogP contribution >= 0.6 is 0 Å². The number of carboxylic acids is 1. The van der Waals surface area contributed by atoms with Gasteiger partial charge in [-0.25, -0.2) is 4.39 Å². The van der Waals surface area contributed by atoms with Gasteiger partial charge >= 0.3 is 5.97 Å². The molecule has 6 heteroatoms. The number of phenolic OH excluding ortho intramolecular Hbond substituents is 1. The number of aliphatic carboxylic acids is 1. The first-order valence-electron chi connectivity index (χ1n) is 5.90. The number of rotatable bonds is 2. The molecule has 2 rings (SSSR count). The van der Waals surface area contributed by atoms with Crippen molar-refractivity contribution >= 4 is 11.9 Å². The number of aromatic hydroxyl groups is 1. The quantitative estimate of drug-likeness (QED) is 0.847. The highest BCUT2D eigenvalue weighted by Crippen LogP contribution is 2.27. The third-order valence-electron chi connectivity index (χ3n) is 3.41. The number of phenols is 1. The lowest BCUT2D eigenvalue weighted by molar-refractivity contribution is -0.142. The molecule has 1 aliphatic heterocycles. The van der Waals surface area contributed by atoms with Crippen LogP contribution in [-0.2, 0) is 4.79 Å². The van der Waals surface area contributed by atoms with Gasteiger partial charge in [-0.2, -0.15) is 0 Å². The molecule has 0 saturated carbocycles. The largest absolute Gasteiger partial charge is 0.507 e. The predicted molar refractivity (Wildman–Crippen MR) is 64.3 cm³/mol. The summed E-state index contributed by atoms with van der Waals surface area (Å²) in [7, 11) is 0. The highest BCUT2D eigenvalue weighted by Gasteiger charge is 2.37. The zero-order chi connectivity index (χ0) is 14.2. The Kier molecular flexibility index (Phi) is 3.42. The minimum atomic E-state index is -0.939. The van der Waals surface area contributed by atoms with E-state index in [9.17, 15) is 19.1 Å². The maximum atomic E-state index is 12.9. The molecule has 0 radical (unpaired) electrons. The monoisotopic (exact) mass is 267 g/mol. The maximum Gasteiger partial charge on any atom is 0.308 e. The molecule has 1 aromatic rings. The number of nitrogens with zero attached hydrogens (tertiary/aromatic N) is 1. The number of benzene rings is 1. The Morgan fingerprint density at radius 1 is 1.37 bits per heavy atom. The van der Waals surface area contributed by atoms with Crippen molar-refractivity contribution in [1.82, 2.24) is 4.90 Å². The average Bonchev–Trinajstić information content (AvgIpc) is 2.70. The second kappa shape index (κ2) is 4.87. The van der Waals surface area contributed by atoms with Gasteiger partial charge in [0.15, 0.2) is 0 Å². The first-order valence-corrected chi connectivity index (χ1v) is 5.90. The van der Waals surface area contributed by atoms with Crippen LogP contribution in [0.1, 0.15) is 17.3 Å². The molecule has 1 saturated heterocycles. The van der Waals surface area contributed by atoms with Crippen molar-refractivity contribution in [1.29, 1.82) is 0 Å². The Bertz CT molecular complexity index is 531. The molecular weight excluding hydrogens is 253 g/mol. The second-order valence-corrected chi connectivity index (χ2v) is 4.79. The van der Waals surface area contributed by atoms with E-state index in [1.807, 2.05) is 0 Å². The summed E-state index contributed by atoms with van der Waals surface area (Å²) in [5.41, 5.74) is -0.0142. The van der Waals surface area contributed by atoms with E-state index in [4.69, 9.17) is 5.11 Å². The summed E-state index contributed by atoms with van der Waals surface area (Å²) >= 11 is 0. The lowest BCUT2D eigenvalue weighted by atomic mass is 9.99. The lowest BCUT2D eigenvalue weighted by Crippen LogP contribution is -2.30. The maximum absolute atomic E-state index is 12.9. The van der Waals surface area contributed by atoms with Crippen molar-refractivity contribution in [3.63, 3.8) is 0 Å². The summed E-state index contributed by atoms with van der Waals surface area (Å²) < 4.78 is 12.9. The molecule has 1 heterocycles. The van der Waals surface area contributed by atoms with Crippen molar-refractivity contribution in [2.45, 2.75) is 6.92 Å². The van der Waals surface area contributed by atoms with Crippen LogP contribution in [0, 0.1) is 17.7 Å². The molecule has 102 valence electrons.